The van der Waals surface area contributed by atoms with Gasteiger partial charge in [0, 0.05) is 29.5 Å². The van der Waals surface area contributed by atoms with Gasteiger partial charge in [0.15, 0.2) is 5.76 Å². The van der Waals surface area contributed by atoms with Crippen LogP contribution < -0.4 is 0 Å². The van der Waals surface area contributed by atoms with Gasteiger partial charge in [-0.3, -0.25) is 4.98 Å². The largest absolute Gasteiger partial charge is 0.436 e. The van der Waals surface area contributed by atoms with Crippen molar-refractivity contribution in [2.75, 3.05) is 0 Å². The van der Waals surface area contributed by atoms with E-state index in [1.165, 1.54) is 3.97 Å². The molecule has 6 nitrogen and oxygen atoms in total. The lowest BCUT2D eigenvalue weighted by molar-refractivity contribution is 0.587. The molecule has 0 saturated carbocycles. The van der Waals surface area contributed by atoms with Gasteiger partial charge >= 0.3 is 0 Å². The van der Waals surface area contributed by atoms with Crippen LogP contribution in [0.2, 0.25) is 0 Å². The minimum atomic E-state index is -3.75. The Morgan fingerprint density at radius 2 is 1.66 bits per heavy atom. The molecule has 29 heavy (non-hydrogen) atoms. The molecule has 5 rings (SSSR count). The Labute approximate surface area is 167 Å². The molecule has 2 aromatic carbocycles. The van der Waals surface area contributed by atoms with Crippen molar-refractivity contribution < 1.29 is 12.8 Å². The highest BCUT2D eigenvalue weighted by Crippen LogP contribution is 2.34. The topological polar surface area (TPSA) is 78.0 Å². The lowest BCUT2D eigenvalue weighted by Crippen LogP contribution is -2.11. The first-order valence-corrected chi connectivity index (χ1v) is 10.4. The van der Waals surface area contributed by atoms with Gasteiger partial charge in [0.2, 0.25) is 5.89 Å². The minimum Gasteiger partial charge on any atom is -0.436 e. The lowest BCUT2D eigenvalue weighted by atomic mass is 10.1. The summed E-state index contributed by atoms with van der Waals surface area (Å²) in [5.41, 5.74) is 1.98. The van der Waals surface area contributed by atoms with E-state index in [0.29, 0.717) is 22.7 Å². The Kier molecular flexibility index (Phi) is 4.03. The van der Waals surface area contributed by atoms with Gasteiger partial charge < -0.3 is 4.42 Å². The van der Waals surface area contributed by atoms with E-state index in [4.69, 9.17) is 4.42 Å². The van der Waals surface area contributed by atoms with Crippen molar-refractivity contribution in [2.24, 2.45) is 0 Å². The van der Waals surface area contributed by atoms with E-state index in [1.807, 2.05) is 24.3 Å². The molecule has 142 valence electrons. The predicted octanol–water partition coefficient (Wildman–Crippen LogP) is 4.60. The zero-order valence-electron chi connectivity index (χ0n) is 15.1. The Balaban J connectivity index is 1.69. The number of aromatic nitrogens is 3. The van der Waals surface area contributed by atoms with Crippen molar-refractivity contribution in [2.45, 2.75) is 4.90 Å². The molecule has 0 aliphatic heterocycles. The van der Waals surface area contributed by atoms with E-state index in [0.717, 1.165) is 10.9 Å². The molecule has 0 N–H and O–H groups in total. The summed E-state index contributed by atoms with van der Waals surface area (Å²) in [5.74, 6) is 0.915. The molecule has 0 aliphatic carbocycles. The van der Waals surface area contributed by atoms with Crippen molar-refractivity contribution in [3.05, 3.63) is 91.5 Å². The number of oxazole rings is 1. The van der Waals surface area contributed by atoms with E-state index in [-0.39, 0.29) is 4.90 Å². The first-order chi connectivity index (χ1) is 14.1. The standard InChI is InChI=1S/C22H15N3O3S/c26-29(27,17-8-2-1-3-9-17)25-15-19(18-10-4-5-11-20(18)25)21-14-24-22(28-21)16-7-6-12-23-13-16/h1-15H. The van der Waals surface area contributed by atoms with Crippen molar-refractivity contribution in [3.63, 3.8) is 0 Å². The fraction of sp³-hybridized carbons (Fsp3) is 0. The predicted molar refractivity (Wildman–Crippen MR) is 110 cm³/mol. The van der Waals surface area contributed by atoms with E-state index < -0.39 is 10.0 Å². The molecule has 0 unspecified atom stereocenters. The highest BCUT2D eigenvalue weighted by Gasteiger charge is 2.23. The Hall–Kier alpha value is -3.71. The van der Waals surface area contributed by atoms with Crippen LogP contribution in [0, 0.1) is 0 Å². The van der Waals surface area contributed by atoms with Crippen LogP contribution in [0.4, 0.5) is 0 Å². The van der Waals surface area contributed by atoms with Crippen LogP contribution in [0.15, 0.2) is 101 Å². The summed E-state index contributed by atoms with van der Waals surface area (Å²) in [6, 6.07) is 19.3. The molecule has 0 spiro atoms. The van der Waals surface area contributed by atoms with Crippen LogP contribution in [-0.2, 0) is 10.0 Å². The van der Waals surface area contributed by atoms with Crippen molar-refractivity contribution in [1.29, 1.82) is 0 Å². The highest BCUT2D eigenvalue weighted by molar-refractivity contribution is 7.90. The summed E-state index contributed by atoms with van der Waals surface area (Å²) in [7, 11) is -3.75. The van der Waals surface area contributed by atoms with Crippen molar-refractivity contribution in [1.82, 2.24) is 13.9 Å². The highest BCUT2D eigenvalue weighted by atomic mass is 32.2. The monoisotopic (exact) mass is 401 g/mol. The lowest BCUT2D eigenvalue weighted by Gasteiger charge is -2.07. The number of hydrogen-bond acceptors (Lipinski definition) is 5. The van der Waals surface area contributed by atoms with Crippen molar-refractivity contribution >= 4 is 20.9 Å². The quantitative estimate of drug-likeness (QED) is 0.440. The normalized spacial score (nSPS) is 11.7. The number of rotatable bonds is 4. The summed E-state index contributed by atoms with van der Waals surface area (Å²) in [6.07, 6.45) is 6.53. The zero-order chi connectivity index (χ0) is 19.8. The van der Waals surface area contributed by atoms with Crippen LogP contribution in [0.1, 0.15) is 0 Å². The fourth-order valence-corrected chi connectivity index (χ4v) is 4.66. The summed E-state index contributed by atoms with van der Waals surface area (Å²) in [5, 5.41) is 0.765. The molecule has 3 aromatic heterocycles. The van der Waals surface area contributed by atoms with E-state index in [2.05, 4.69) is 9.97 Å². The maximum absolute atomic E-state index is 13.2. The maximum atomic E-state index is 13.2. The SMILES string of the molecule is O=S(=O)(c1ccccc1)n1cc(-c2cnc(-c3cccnc3)o2)c2ccccc21. The first-order valence-electron chi connectivity index (χ1n) is 8.92. The molecule has 0 aliphatic rings. The minimum absolute atomic E-state index is 0.223. The van der Waals surface area contributed by atoms with Crippen LogP contribution in [-0.4, -0.2) is 22.4 Å². The molecule has 0 radical (unpaired) electrons. The van der Waals surface area contributed by atoms with E-state index in [9.17, 15) is 8.42 Å². The third-order valence-electron chi connectivity index (χ3n) is 4.66. The fourth-order valence-electron chi connectivity index (χ4n) is 3.27. The summed E-state index contributed by atoms with van der Waals surface area (Å²) < 4.78 is 33.7. The van der Waals surface area contributed by atoms with Crippen LogP contribution in [0.5, 0.6) is 0 Å². The maximum Gasteiger partial charge on any atom is 0.268 e. The van der Waals surface area contributed by atoms with Gasteiger partial charge in [0.1, 0.15) is 0 Å². The second kappa shape index (κ2) is 6.72. The van der Waals surface area contributed by atoms with Gasteiger partial charge in [-0.05, 0) is 30.3 Å². The third-order valence-corrected chi connectivity index (χ3v) is 6.35. The Morgan fingerprint density at radius 3 is 2.45 bits per heavy atom. The number of pyridine rings is 1. The van der Waals surface area contributed by atoms with Crippen LogP contribution in [0.3, 0.4) is 0 Å². The van der Waals surface area contributed by atoms with Crippen molar-refractivity contribution in [3.8, 4) is 22.8 Å². The number of para-hydroxylation sites is 1. The number of hydrogen-bond donors (Lipinski definition) is 0. The average Bonchev–Trinajstić information content (AvgIpc) is 3.40. The summed E-state index contributed by atoms with van der Waals surface area (Å²) in [4.78, 5) is 8.64. The molecule has 0 fully saturated rings. The summed E-state index contributed by atoms with van der Waals surface area (Å²) >= 11 is 0. The van der Waals surface area contributed by atoms with Gasteiger partial charge in [-0.1, -0.05) is 36.4 Å². The smallest absolute Gasteiger partial charge is 0.268 e. The second-order valence-corrected chi connectivity index (χ2v) is 8.26. The zero-order valence-corrected chi connectivity index (χ0v) is 16.0. The molecule has 0 amide bonds. The van der Waals surface area contributed by atoms with Gasteiger partial charge in [0.05, 0.1) is 22.2 Å². The Bertz CT molecular complexity index is 1410. The molecule has 0 saturated heterocycles. The Morgan fingerprint density at radius 1 is 0.862 bits per heavy atom. The van der Waals surface area contributed by atoms with Gasteiger partial charge in [-0.25, -0.2) is 17.4 Å². The molecular weight excluding hydrogens is 386 g/mol. The van der Waals surface area contributed by atoms with Gasteiger partial charge in [0.25, 0.3) is 10.0 Å². The van der Waals surface area contributed by atoms with E-state index in [1.54, 1.807) is 67.3 Å². The van der Waals surface area contributed by atoms with Gasteiger partial charge in [-0.2, -0.15) is 0 Å². The number of nitrogens with zero attached hydrogens (tertiary/aromatic N) is 3. The second-order valence-electron chi connectivity index (χ2n) is 6.45. The molecule has 3 heterocycles. The van der Waals surface area contributed by atoms with Crippen LogP contribution >= 0.6 is 0 Å². The molecular formula is C22H15N3O3S. The number of fused-ring (bicyclic) bond motifs is 1. The first kappa shape index (κ1) is 17.4. The molecule has 0 bridgehead atoms. The molecule has 5 aromatic rings. The summed E-state index contributed by atoms with van der Waals surface area (Å²) in [6.45, 7) is 0. The molecule has 7 heteroatoms. The van der Waals surface area contributed by atoms with Gasteiger partial charge in [-0.15, -0.1) is 0 Å². The average molecular weight is 401 g/mol. The molecule has 0 atom stereocenters. The third kappa shape index (κ3) is 2.92. The van der Waals surface area contributed by atoms with E-state index >= 15 is 0 Å². The van der Waals surface area contributed by atoms with Crippen LogP contribution in [0.25, 0.3) is 33.7 Å². The number of benzene rings is 2.